The lowest BCUT2D eigenvalue weighted by atomic mass is 10.0. The number of aliphatic hydroxyl groups is 2. The molecule has 26 heteroatoms. The van der Waals surface area contributed by atoms with E-state index in [-0.39, 0.29) is 43.3 Å². The van der Waals surface area contributed by atoms with E-state index in [1.807, 2.05) is 0 Å². The third kappa shape index (κ3) is 6.61. The number of phenolic OH excluding ortho intramolecular Hbond substituents is 9. The number of phenols is 9. The molecular weight excluding hydrogens is 911 g/mol. The number of halogens is 2. The molecule has 344 valence electrons. The number of nitrogens with zero attached hydrogens (tertiary/aromatic N) is 4. The molecule has 2 heterocycles. The molecule has 0 aliphatic rings. The molecule has 6 aromatic rings. The number of nitrogen functional groups attached to an aromatic ring is 2. The van der Waals surface area contributed by atoms with Crippen LogP contribution in [-0.2, 0) is 14.1 Å². The van der Waals surface area contributed by atoms with Crippen molar-refractivity contribution in [1.29, 1.82) is 0 Å². The Balaban J connectivity index is 1.54. The minimum absolute atomic E-state index is 0.0212. The summed E-state index contributed by atoms with van der Waals surface area (Å²) in [4.78, 5) is 55.8. The van der Waals surface area contributed by atoms with Crippen LogP contribution in [0.15, 0.2) is 21.7 Å². The van der Waals surface area contributed by atoms with E-state index >= 15 is 0 Å². The van der Waals surface area contributed by atoms with Crippen molar-refractivity contribution in [3.05, 3.63) is 59.6 Å². The molecule has 6 rings (SSSR count). The minimum Gasteiger partial charge on any atom is -0.506 e. The normalized spacial score (nSPS) is 11.6. The largest absolute Gasteiger partial charge is 0.506 e. The van der Waals surface area contributed by atoms with E-state index in [2.05, 4.69) is 0 Å². The highest BCUT2D eigenvalue weighted by Gasteiger charge is 2.43. The summed E-state index contributed by atoms with van der Waals surface area (Å²) in [5.74, 6) is -24.6. The topological polar surface area (TPSA) is 409 Å². The molecule has 0 bridgehead atoms. The van der Waals surface area contributed by atoms with Crippen molar-refractivity contribution in [3.8, 4) is 74.7 Å². The van der Waals surface area contributed by atoms with Gasteiger partial charge in [-0.3, -0.25) is 19.2 Å². The number of carbonyl (C=O) groups excluding carboxylic acids is 2. The van der Waals surface area contributed by atoms with Crippen molar-refractivity contribution in [2.45, 2.75) is 26.7 Å². The molecule has 0 radical (unpaired) electrons. The van der Waals surface area contributed by atoms with Crippen LogP contribution in [0, 0.1) is 6.92 Å². The number of hydrogen-bond donors (Lipinski definition) is 15. The summed E-state index contributed by atoms with van der Waals surface area (Å²) in [7, 11) is 2.22. The number of aromatic nitrogens is 2. The SMILES string of the molecule is CCN(C(=O)c1c(O)c2c(Cl)c(C)c(N)c(N)c2n(C)c1=O)c1c(O)c(O)c(O)c(Oc2ccc3c(c(O)c(C(=O)N(c4c(O)c(O)c(O)c(O)c4O)C(C)(O)O)c(=O)n3C)c2Cl)c1O. The molecule has 17 N–H and O–H groups in total. The van der Waals surface area contributed by atoms with Crippen molar-refractivity contribution < 1.29 is 80.7 Å². The van der Waals surface area contributed by atoms with Gasteiger partial charge in [-0.1, -0.05) is 23.2 Å². The second-order valence-electron chi connectivity index (χ2n) is 14.4. The van der Waals surface area contributed by atoms with Crippen molar-refractivity contribution >= 4 is 79.6 Å². The van der Waals surface area contributed by atoms with Gasteiger partial charge in [-0.25, -0.2) is 4.90 Å². The average molecular weight is 948 g/mol. The Bertz CT molecular complexity index is 3220. The first-order chi connectivity index (χ1) is 30.1. The minimum atomic E-state index is -3.56. The van der Waals surface area contributed by atoms with Crippen LogP contribution < -0.4 is 37.1 Å². The predicted molar refractivity (Wildman–Crippen MR) is 230 cm³/mol. The number of rotatable bonds is 8. The highest BCUT2D eigenvalue weighted by atomic mass is 35.5. The number of hydrogen-bond acceptors (Lipinski definition) is 20. The maximum atomic E-state index is 14.2. The van der Waals surface area contributed by atoms with Crippen LogP contribution in [0.1, 0.15) is 40.1 Å². The Labute approximate surface area is 371 Å². The van der Waals surface area contributed by atoms with Crippen LogP contribution in [0.25, 0.3) is 21.8 Å². The molecule has 0 atom stereocenters. The molecule has 0 saturated carbocycles. The Morgan fingerprint density at radius 3 is 1.68 bits per heavy atom. The Hall–Kier alpha value is -8.06. The zero-order chi connectivity index (χ0) is 49.0. The molecular formula is C39H36Cl2N6O18. The number of ether oxygens (including phenoxy) is 1. The first-order valence-electron chi connectivity index (χ1n) is 18.2. The summed E-state index contributed by atoms with van der Waals surface area (Å²) >= 11 is 13.1. The van der Waals surface area contributed by atoms with Crippen LogP contribution in [0.4, 0.5) is 22.7 Å². The number of pyridine rings is 2. The lowest BCUT2D eigenvalue weighted by Gasteiger charge is -2.33. The second-order valence-corrected chi connectivity index (χ2v) is 15.1. The van der Waals surface area contributed by atoms with Crippen LogP contribution in [0.2, 0.25) is 10.0 Å². The summed E-state index contributed by atoms with van der Waals surface area (Å²) in [5.41, 5.74) is 4.29. The number of amides is 2. The van der Waals surface area contributed by atoms with Gasteiger partial charge in [0.1, 0.15) is 39.8 Å². The quantitative estimate of drug-likeness (QED) is 0.0451. The number of aryl methyl sites for hydroxylation is 2. The van der Waals surface area contributed by atoms with Crippen molar-refractivity contribution in [2.24, 2.45) is 14.1 Å². The molecule has 4 aromatic carbocycles. The lowest BCUT2D eigenvalue weighted by molar-refractivity contribution is -0.138. The average Bonchev–Trinajstić information content (AvgIpc) is 3.24. The van der Waals surface area contributed by atoms with Gasteiger partial charge >= 0.3 is 0 Å². The molecule has 0 saturated heterocycles. The van der Waals surface area contributed by atoms with E-state index in [0.717, 1.165) is 23.7 Å². The van der Waals surface area contributed by atoms with Crippen molar-refractivity contribution in [2.75, 3.05) is 27.8 Å². The van der Waals surface area contributed by atoms with Gasteiger partial charge in [0.05, 0.1) is 43.2 Å². The fraction of sp³-hybridized carbons (Fsp3) is 0.179. The molecule has 0 spiro atoms. The standard InChI is InChI=1S/C39H36Cl2N6O18/c1-6-46(37(61)14-24(49)13-16(40)9(2)18(42)19(43)20(13)45(5)36(14)60)21-25(50)31(56)33(58)34(28(21)53)65-11-8-7-10-12(17(11)41)23(48)15(35(59)44(10)4)38(62)47(39(3,63)64)22-26(51)29(54)32(57)30(55)27(22)52/h7-8,48-58,63-64H,6,42-43H2,1-5H3. The predicted octanol–water partition coefficient (Wildman–Crippen LogP) is 2.70. The van der Waals surface area contributed by atoms with Gasteiger partial charge in [0.2, 0.25) is 34.5 Å². The van der Waals surface area contributed by atoms with Crippen LogP contribution in [-0.4, -0.2) is 99.8 Å². The lowest BCUT2D eigenvalue weighted by Crippen LogP contribution is -2.51. The van der Waals surface area contributed by atoms with E-state index < -0.39 is 143 Å². The third-order valence-electron chi connectivity index (χ3n) is 10.5. The maximum absolute atomic E-state index is 14.2. The van der Waals surface area contributed by atoms with Gasteiger partial charge < -0.3 is 96.6 Å². The molecule has 2 aromatic heterocycles. The van der Waals surface area contributed by atoms with Crippen LogP contribution in [0.5, 0.6) is 74.7 Å². The van der Waals surface area contributed by atoms with E-state index in [1.165, 1.54) is 20.9 Å². The summed E-state index contributed by atoms with van der Waals surface area (Å²) in [6.45, 7) is 2.63. The summed E-state index contributed by atoms with van der Waals surface area (Å²) < 4.78 is 7.21. The second kappa shape index (κ2) is 15.6. The van der Waals surface area contributed by atoms with Gasteiger partial charge in [0, 0.05) is 27.6 Å². The summed E-state index contributed by atoms with van der Waals surface area (Å²) in [5, 5.41) is 138. The van der Waals surface area contributed by atoms with Gasteiger partial charge in [0.15, 0.2) is 23.0 Å². The van der Waals surface area contributed by atoms with Gasteiger partial charge in [0.25, 0.3) is 28.8 Å². The molecule has 0 aliphatic heterocycles. The third-order valence-corrected chi connectivity index (χ3v) is 11.3. The van der Waals surface area contributed by atoms with Crippen molar-refractivity contribution in [1.82, 2.24) is 9.13 Å². The maximum Gasteiger partial charge on any atom is 0.272 e. The number of nitrogens with two attached hydrogens (primary N) is 2. The Morgan fingerprint density at radius 1 is 0.662 bits per heavy atom. The summed E-state index contributed by atoms with van der Waals surface area (Å²) in [6, 6.07) is 2.00. The Kier molecular flexibility index (Phi) is 11.2. The monoisotopic (exact) mass is 946 g/mol. The van der Waals surface area contributed by atoms with E-state index in [0.29, 0.717) is 16.4 Å². The van der Waals surface area contributed by atoms with E-state index in [4.69, 9.17) is 39.4 Å². The highest BCUT2D eigenvalue weighted by molar-refractivity contribution is 6.39. The molecule has 24 nitrogen and oxygen atoms in total. The number of anilines is 4. The molecule has 0 fully saturated rings. The summed E-state index contributed by atoms with van der Waals surface area (Å²) in [6.07, 6.45) is 0. The number of benzene rings is 4. The molecule has 65 heavy (non-hydrogen) atoms. The fourth-order valence-electron chi connectivity index (χ4n) is 7.12. The molecule has 0 unspecified atom stereocenters. The van der Waals surface area contributed by atoms with Crippen molar-refractivity contribution in [3.63, 3.8) is 0 Å². The Morgan fingerprint density at radius 2 is 1.14 bits per heavy atom. The fourth-order valence-corrected chi connectivity index (χ4v) is 7.69. The zero-order valence-electron chi connectivity index (χ0n) is 33.9. The van der Waals surface area contributed by atoms with Crippen LogP contribution in [0.3, 0.4) is 0 Å². The number of aromatic hydroxyl groups is 11. The first kappa shape index (κ1) is 46.4. The van der Waals surface area contributed by atoms with E-state index in [1.54, 1.807) is 0 Å². The van der Waals surface area contributed by atoms with Gasteiger partial charge in [-0.2, -0.15) is 0 Å². The van der Waals surface area contributed by atoms with Gasteiger partial charge in [-0.15, -0.1) is 0 Å². The molecule has 0 aliphatic carbocycles. The number of fused-ring (bicyclic) bond motifs is 2. The number of carbonyl (C=O) groups is 2. The smallest absolute Gasteiger partial charge is 0.272 e. The highest BCUT2D eigenvalue weighted by Crippen LogP contribution is 2.59. The first-order valence-corrected chi connectivity index (χ1v) is 18.9. The van der Waals surface area contributed by atoms with Gasteiger partial charge in [-0.05, 0) is 31.5 Å². The molecule has 2 amide bonds. The van der Waals surface area contributed by atoms with Crippen LogP contribution >= 0.6 is 23.2 Å². The van der Waals surface area contributed by atoms with E-state index in [9.17, 15) is 85.6 Å². The zero-order valence-corrected chi connectivity index (χ0v) is 35.4.